The van der Waals surface area contributed by atoms with Crippen LogP contribution in [-0.4, -0.2) is 15.8 Å². The van der Waals surface area contributed by atoms with Crippen LogP contribution in [0.3, 0.4) is 0 Å². The second-order valence-corrected chi connectivity index (χ2v) is 7.47. The molecule has 0 spiro atoms. The average Bonchev–Trinajstić information content (AvgIpc) is 3.06. The van der Waals surface area contributed by atoms with Crippen LogP contribution in [0, 0.1) is 6.92 Å². The van der Waals surface area contributed by atoms with Crippen molar-refractivity contribution in [3.8, 4) is 5.69 Å². The number of aromatic nitrogens is 2. The summed E-state index contributed by atoms with van der Waals surface area (Å²) in [6, 6.07) is 8.06. The predicted octanol–water partition coefficient (Wildman–Crippen LogP) is 3.97. The maximum absolute atomic E-state index is 13.2. The molecule has 0 unspecified atom stereocenters. The number of fused-ring (bicyclic) bond motifs is 3. The van der Waals surface area contributed by atoms with Gasteiger partial charge >= 0.3 is 0 Å². The lowest BCUT2D eigenvalue weighted by molar-refractivity contribution is 0.821. The Morgan fingerprint density at radius 1 is 1.32 bits per heavy atom. The Labute approximate surface area is 137 Å². The molecule has 0 saturated carbocycles. The lowest BCUT2D eigenvalue weighted by atomic mass is 10.2. The van der Waals surface area contributed by atoms with Gasteiger partial charge in [-0.2, -0.15) is 0 Å². The van der Waals surface area contributed by atoms with E-state index in [2.05, 4.69) is 0 Å². The summed E-state index contributed by atoms with van der Waals surface area (Å²) in [5.74, 6) is 0. The van der Waals surface area contributed by atoms with E-state index in [1.165, 1.54) is 22.2 Å². The van der Waals surface area contributed by atoms with Crippen molar-refractivity contribution in [2.75, 3.05) is 6.26 Å². The minimum atomic E-state index is 0.0827. The van der Waals surface area contributed by atoms with Gasteiger partial charge in [-0.1, -0.05) is 23.9 Å². The summed E-state index contributed by atoms with van der Waals surface area (Å²) in [5, 5.41) is 1.61. The number of nitrogens with zero attached hydrogens (tertiary/aromatic N) is 2. The van der Waals surface area contributed by atoms with Gasteiger partial charge in [0.2, 0.25) is 0 Å². The minimum Gasteiger partial charge on any atom is -0.268 e. The summed E-state index contributed by atoms with van der Waals surface area (Å²) in [6.07, 6.45) is 5.24. The van der Waals surface area contributed by atoms with Gasteiger partial charge in [0.15, 0.2) is 5.16 Å². The van der Waals surface area contributed by atoms with E-state index in [4.69, 9.17) is 4.98 Å². The molecule has 2 heterocycles. The molecule has 0 N–H and O–H groups in total. The van der Waals surface area contributed by atoms with Crippen LogP contribution in [0.2, 0.25) is 0 Å². The topological polar surface area (TPSA) is 34.9 Å². The summed E-state index contributed by atoms with van der Waals surface area (Å²) in [4.78, 5) is 20.2. The first kappa shape index (κ1) is 14.0. The number of benzene rings is 1. The molecule has 4 rings (SSSR count). The minimum absolute atomic E-state index is 0.0827. The molecule has 1 aliphatic carbocycles. The van der Waals surface area contributed by atoms with Gasteiger partial charge in [0.25, 0.3) is 5.56 Å². The van der Waals surface area contributed by atoms with Crippen LogP contribution >= 0.6 is 23.1 Å². The first-order valence-electron chi connectivity index (χ1n) is 7.37. The van der Waals surface area contributed by atoms with E-state index in [-0.39, 0.29) is 5.56 Å². The van der Waals surface area contributed by atoms with Gasteiger partial charge in [-0.05, 0) is 55.7 Å². The van der Waals surface area contributed by atoms with Crippen LogP contribution in [0.15, 0.2) is 34.2 Å². The Morgan fingerprint density at radius 2 is 2.18 bits per heavy atom. The quantitative estimate of drug-likeness (QED) is 0.527. The predicted molar refractivity (Wildman–Crippen MR) is 93.8 cm³/mol. The van der Waals surface area contributed by atoms with Gasteiger partial charge in [-0.3, -0.25) is 9.36 Å². The van der Waals surface area contributed by atoms with Gasteiger partial charge in [-0.15, -0.1) is 11.3 Å². The number of thiophene rings is 1. The molecule has 2 aromatic heterocycles. The van der Waals surface area contributed by atoms with Crippen molar-refractivity contribution >= 4 is 33.3 Å². The molecule has 0 bridgehead atoms. The molecule has 3 nitrogen and oxygen atoms in total. The first-order valence-corrected chi connectivity index (χ1v) is 9.41. The van der Waals surface area contributed by atoms with E-state index >= 15 is 0 Å². The molecule has 0 aliphatic heterocycles. The zero-order chi connectivity index (χ0) is 15.3. The molecular formula is C17H16N2OS2. The van der Waals surface area contributed by atoms with Crippen LogP contribution in [0.25, 0.3) is 15.9 Å². The highest BCUT2D eigenvalue weighted by Crippen LogP contribution is 2.35. The Bertz CT molecular complexity index is 940. The summed E-state index contributed by atoms with van der Waals surface area (Å²) < 4.78 is 1.77. The van der Waals surface area contributed by atoms with Crippen molar-refractivity contribution in [3.05, 3.63) is 50.6 Å². The molecule has 3 aromatic rings. The normalized spacial score (nSPS) is 13.7. The molecule has 0 atom stereocenters. The van der Waals surface area contributed by atoms with Crippen LogP contribution in [0.4, 0.5) is 0 Å². The summed E-state index contributed by atoms with van der Waals surface area (Å²) >= 11 is 3.22. The number of thioether (sulfide) groups is 1. The lowest BCUT2D eigenvalue weighted by Crippen LogP contribution is -2.21. The van der Waals surface area contributed by atoms with Crippen molar-refractivity contribution in [2.24, 2.45) is 0 Å². The monoisotopic (exact) mass is 328 g/mol. The van der Waals surface area contributed by atoms with E-state index < -0.39 is 0 Å². The van der Waals surface area contributed by atoms with Gasteiger partial charge < -0.3 is 0 Å². The Kier molecular flexibility index (Phi) is 3.35. The van der Waals surface area contributed by atoms with Crippen LogP contribution in [0.5, 0.6) is 0 Å². The first-order chi connectivity index (χ1) is 10.7. The summed E-state index contributed by atoms with van der Waals surface area (Å²) in [5.41, 5.74) is 3.37. The van der Waals surface area contributed by atoms with Crippen LogP contribution in [-0.2, 0) is 12.8 Å². The highest BCUT2D eigenvalue weighted by molar-refractivity contribution is 7.98. The Balaban J connectivity index is 2.09. The molecule has 5 heteroatoms. The molecule has 1 aromatic carbocycles. The van der Waals surface area contributed by atoms with Gasteiger partial charge in [0.1, 0.15) is 4.83 Å². The standard InChI is InChI=1S/C17H16N2OS2/c1-10-5-3-6-11(9-10)19-16(20)14-12-7-4-8-13(12)22-15(14)18-17(19)21-2/h3,5-6,9H,4,7-8H2,1-2H3. The fourth-order valence-electron chi connectivity index (χ4n) is 3.16. The molecule has 0 saturated heterocycles. The van der Waals surface area contributed by atoms with Gasteiger partial charge in [-0.25, -0.2) is 4.98 Å². The summed E-state index contributed by atoms with van der Waals surface area (Å²) in [6.45, 7) is 2.04. The average molecular weight is 328 g/mol. The molecule has 0 fully saturated rings. The second kappa shape index (κ2) is 5.25. The third-order valence-electron chi connectivity index (χ3n) is 4.15. The van der Waals surface area contributed by atoms with Gasteiger partial charge in [0, 0.05) is 4.88 Å². The molecule has 0 amide bonds. The molecule has 22 heavy (non-hydrogen) atoms. The maximum atomic E-state index is 13.2. The van der Waals surface area contributed by atoms with E-state index in [0.717, 1.165) is 45.9 Å². The van der Waals surface area contributed by atoms with Crippen molar-refractivity contribution in [1.29, 1.82) is 0 Å². The number of rotatable bonds is 2. The van der Waals surface area contributed by atoms with Crippen molar-refractivity contribution in [1.82, 2.24) is 9.55 Å². The highest BCUT2D eigenvalue weighted by Gasteiger charge is 2.23. The number of hydrogen-bond donors (Lipinski definition) is 0. The largest absolute Gasteiger partial charge is 0.268 e. The Morgan fingerprint density at radius 3 is 2.95 bits per heavy atom. The Hall–Kier alpha value is -1.59. The lowest BCUT2D eigenvalue weighted by Gasteiger charge is -2.11. The SMILES string of the molecule is CSc1nc2sc3c(c2c(=O)n1-c1cccc(C)c1)CCC3. The van der Waals surface area contributed by atoms with E-state index in [9.17, 15) is 4.79 Å². The van der Waals surface area contributed by atoms with Crippen molar-refractivity contribution in [3.63, 3.8) is 0 Å². The molecule has 1 aliphatic rings. The second-order valence-electron chi connectivity index (χ2n) is 5.62. The van der Waals surface area contributed by atoms with E-state index in [1.54, 1.807) is 15.9 Å². The van der Waals surface area contributed by atoms with Gasteiger partial charge in [0.05, 0.1) is 11.1 Å². The zero-order valence-electron chi connectivity index (χ0n) is 12.5. The van der Waals surface area contributed by atoms with E-state index in [0.29, 0.717) is 0 Å². The fourth-order valence-corrected chi connectivity index (χ4v) is 5.02. The molecular weight excluding hydrogens is 312 g/mol. The van der Waals surface area contributed by atoms with Crippen molar-refractivity contribution in [2.45, 2.75) is 31.3 Å². The molecule has 0 radical (unpaired) electrons. The number of hydrogen-bond acceptors (Lipinski definition) is 4. The smallest absolute Gasteiger partial charge is 0.267 e. The molecule has 112 valence electrons. The third-order valence-corrected chi connectivity index (χ3v) is 5.98. The fraction of sp³-hybridized carbons (Fsp3) is 0.294. The van der Waals surface area contributed by atoms with Crippen LogP contribution < -0.4 is 5.56 Å². The third kappa shape index (κ3) is 2.03. The maximum Gasteiger partial charge on any atom is 0.267 e. The number of aryl methyl sites for hydroxylation is 3. The van der Waals surface area contributed by atoms with E-state index in [1.807, 2.05) is 37.4 Å². The van der Waals surface area contributed by atoms with Crippen molar-refractivity contribution < 1.29 is 0 Å². The zero-order valence-corrected chi connectivity index (χ0v) is 14.2. The van der Waals surface area contributed by atoms with Crippen LogP contribution in [0.1, 0.15) is 22.4 Å². The highest BCUT2D eigenvalue weighted by atomic mass is 32.2. The summed E-state index contributed by atoms with van der Waals surface area (Å²) in [7, 11) is 0.